The minimum absolute atomic E-state index is 0.135. The summed E-state index contributed by atoms with van der Waals surface area (Å²) >= 11 is 3.20. The largest absolute Gasteiger partial charge is 0.381 e. The minimum Gasteiger partial charge on any atom is -0.381 e. The second-order valence-electron chi connectivity index (χ2n) is 4.57. The van der Waals surface area contributed by atoms with Crippen molar-refractivity contribution >= 4 is 15.9 Å². The molecule has 0 spiro atoms. The van der Waals surface area contributed by atoms with Gasteiger partial charge in [0.1, 0.15) is 5.82 Å². The number of halogens is 2. The molecule has 2 N–H and O–H groups in total. The highest BCUT2D eigenvalue weighted by atomic mass is 79.9. The molecule has 17 heavy (non-hydrogen) atoms. The fourth-order valence-electron chi connectivity index (χ4n) is 2.25. The first-order valence-corrected chi connectivity index (χ1v) is 6.73. The molecule has 0 saturated carbocycles. The van der Waals surface area contributed by atoms with Crippen LogP contribution in [0.5, 0.6) is 0 Å². The summed E-state index contributed by atoms with van der Waals surface area (Å²) in [7, 11) is 0. The quantitative estimate of drug-likeness (QED) is 0.932. The highest BCUT2D eigenvalue weighted by molar-refractivity contribution is 9.10. The van der Waals surface area contributed by atoms with E-state index >= 15 is 0 Å². The van der Waals surface area contributed by atoms with Crippen molar-refractivity contribution in [3.05, 3.63) is 34.1 Å². The molecule has 1 aliphatic rings. The van der Waals surface area contributed by atoms with E-state index in [1.165, 1.54) is 6.07 Å². The first-order chi connectivity index (χ1) is 8.16. The molecular weight excluding hydrogens is 285 g/mol. The highest BCUT2D eigenvalue weighted by Gasteiger charge is 2.21. The van der Waals surface area contributed by atoms with Gasteiger partial charge in [-0.1, -0.05) is 6.07 Å². The lowest BCUT2D eigenvalue weighted by atomic mass is 9.88. The van der Waals surface area contributed by atoms with Crippen LogP contribution in [0.3, 0.4) is 0 Å². The molecule has 0 bridgehead atoms. The average Bonchev–Trinajstić information content (AvgIpc) is 2.35. The van der Waals surface area contributed by atoms with Gasteiger partial charge in [-0.25, -0.2) is 4.39 Å². The van der Waals surface area contributed by atoms with Gasteiger partial charge in [0.15, 0.2) is 0 Å². The molecule has 1 heterocycles. The van der Waals surface area contributed by atoms with E-state index in [1.807, 2.05) is 6.07 Å². The molecule has 94 valence electrons. The molecule has 0 aromatic heterocycles. The summed E-state index contributed by atoms with van der Waals surface area (Å²) in [6, 6.07) is 5.24. The maximum absolute atomic E-state index is 13.1. The molecule has 1 fully saturated rings. The number of ether oxygens (including phenoxy) is 1. The lowest BCUT2D eigenvalue weighted by Gasteiger charge is -2.27. The molecular formula is C13H17BrFNO. The Morgan fingerprint density at radius 1 is 1.41 bits per heavy atom. The van der Waals surface area contributed by atoms with Crippen LogP contribution in [-0.2, 0) is 11.2 Å². The van der Waals surface area contributed by atoms with Crippen LogP contribution in [0.15, 0.2) is 22.7 Å². The number of nitrogens with two attached hydrogens (primary N) is 1. The Labute approximate surface area is 109 Å². The van der Waals surface area contributed by atoms with E-state index in [4.69, 9.17) is 10.5 Å². The fourth-order valence-corrected chi connectivity index (χ4v) is 2.68. The molecule has 1 aromatic rings. The van der Waals surface area contributed by atoms with Crippen LogP contribution in [0, 0.1) is 11.7 Å². The van der Waals surface area contributed by atoms with E-state index in [0.717, 1.165) is 38.0 Å². The van der Waals surface area contributed by atoms with E-state index in [0.29, 0.717) is 10.4 Å². The van der Waals surface area contributed by atoms with Gasteiger partial charge in [-0.15, -0.1) is 0 Å². The summed E-state index contributed by atoms with van der Waals surface area (Å²) in [5.74, 6) is 0.293. The van der Waals surface area contributed by atoms with Crippen LogP contribution in [0.25, 0.3) is 0 Å². The summed E-state index contributed by atoms with van der Waals surface area (Å²) in [6.07, 6.45) is 2.86. The van der Waals surface area contributed by atoms with Gasteiger partial charge in [0, 0.05) is 19.3 Å². The topological polar surface area (TPSA) is 35.2 Å². The Morgan fingerprint density at radius 3 is 2.76 bits per heavy atom. The molecule has 4 heteroatoms. The number of hydrogen-bond donors (Lipinski definition) is 1. The molecule has 1 atom stereocenters. The zero-order valence-corrected chi connectivity index (χ0v) is 11.2. The van der Waals surface area contributed by atoms with E-state index in [9.17, 15) is 4.39 Å². The molecule has 1 saturated heterocycles. The van der Waals surface area contributed by atoms with Gasteiger partial charge < -0.3 is 10.5 Å². The van der Waals surface area contributed by atoms with Crippen LogP contribution in [0.4, 0.5) is 4.39 Å². The third kappa shape index (κ3) is 3.50. The molecule has 0 amide bonds. The predicted molar refractivity (Wildman–Crippen MR) is 69.3 cm³/mol. The van der Waals surface area contributed by atoms with E-state index in [2.05, 4.69) is 15.9 Å². The smallest absolute Gasteiger partial charge is 0.137 e. The van der Waals surface area contributed by atoms with Gasteiger partial charge in [-0.3, -0.25) is 0 Å². The zero-order chi connectivity index (χ0) is 12.3. The standard InChI is InChI=1S/C13H17BrFNO/c14-11-7-9(1-2-12(11)15)8-13(16)10-3-5-17-6-4-10/h1-2,7,10,13H,3-6,8,16H2. The predicted octanol–water partition coefficient (Wildman–Crippen LogP) is 2.88. The van der Waals surface area contributed by atoms with E-state index in [1.54, 1.807) is 6.07 Å². The Hall–Kier alpha value is -0.450. The van der Waals surface area contributed by atoms with Crippen molar-refractivity contribution in [3.63, 3.8) is 0 Å². The van der Waals surface area contributed by atoms with Crippen LogP contribution in [-0.4, -0.2) is 19.3 Å². The Kier molecular flexibility index (Phi) is 4.54. The first kappa shape index (κ1) is 13.0. The summed E-state index contributed by atoms with van der Waals surface area (Å²) in [5, 5.41) is 0. The second-order valence-corrected chi connectivity index (χ2v) is 5.42. The summed E-state index contributed by atoms with van der Waals surface area (Å²) < 4.78 is 18.9. The minimum atomic E-state index is -0.228. The first-order valence-electron chi connectivity index (χ1n) is 5.94. The number of benzene rings is 1. The maximum Gasteiger partial charge on any atom is 0.137 e. The Balaban J connectivity index is 1.96. The third-order valence-corrected chi connectivity index (χ3v) is 3.93. The molecule has 2 nitrogen and oxygen atoms in total. The van der Waals surface area contributed by atoms with E-state index in [-0.39, 0.29) is 11.9 Å². The third-order valence-electron chi connectivity index (χ3n) is 3.33. The second kappa shape index (κ2) is 5.94. The van der Waals surface area contributed by atoms with Crippen LogP contribution >= 0.6 is 15.9 Å². The van der Waals surface area contributed by atoms with Crippen LogP contribution < -0.4 is 5.73 Å². The van der Waals surface area contributed by atoms with Crippen molar-refractivity contribution < 1.29 is 9.13 Å². The summed E-state index contributed by atoms with van der Waals surface area (Å²) in [6.45, 7) is 1.62. The Bertz CT molecular complexity index is 380. The Morgan fingerprint density at radius 2 is 2.12 bits per heavy atom. The molecule has 1 unspecified atom stereocenters. The lowest BCUT2D eigenvalue weighted by molar-refractivity contribution is 0.0585. The molecule has 2 rings (SSSR count). The lowest BCUT2D eigenvalue weighted by Crippen LogP contribution is -2.36. The van der Waals surface area contributed by atoms with Gasteiger partial charge in [0.05, 0.1) is 4.47 Å². The van der Waals surface area contributed by atoms with E-state index < -0.39 is 0 Å². The van der Waals surface area contributed by atoms with Gasteiger partial charge in [-0.2, -0.15) is 0 Å². The molecule has 0 aliphatic carbocycles. The normalized spacial score (nSPS) is 19.2. The number of hydrogen-bond acceptors (Lipinski definition) is 2. The van der Waals surface area contributed by atoms with Crippen molar-refractivity contribution in [2.45, 2.75) is 25.3 Å². The molecule has 1 aliphatic heterocycles. The summed E-state index contributed by atoms with van der Waals surface area (Å²) in [4.78, 5) is 0. The highest BCUT2D eigenvalue weighted by Crippen LogP contribution is 2.22. The van der Waals surface area contributed by atoms with Gasteiger partial charge >= 0.3 is 0 Å². The van der Waals surface area contributed by atoms with Gasteiger partial charge in [0.25, 0.3) is 0 Å². The van der Waals surface area contributed by atoms with Crippen molar-refractivity contribution in [1.29, 1.82) is 0 Å². The van der Waals surface area contributed by atoms with Crippen molar-refractivity contribution in [2.75, 3.05) is 13.2 Å². The number of rotatable bonds is 3. The van der Waals surface area contributed by atoms with Crippen molar-refractivity contribution in [3.8, 4) is 0 Å². The van der Waals surface area contributed by atoms with Gasteiger partial charge in [0.2, 0.25) is 0 Å². The fraction of sp³-hybridized carbons (Fsp3) is 0.538. The van der Waals surface area contributed by atoms with Gasteiger partial charge in [-0.05, 0) is 58.8 Å². The van der Waals surface area contributed by atoms with Crippen molar-refractivity contribution in [2.24, 2.45) is 11.7 Å². The molecule has 1 aromatic carbocycles. The van der Waals surface area contributed by atoms with Crippen LogP contribution in [0.2, 0.25) is 0 Å². The van der Waals surface area contributed by atoms with Crippen molar-refractivity contribution in [1.82, 2.24) is 0 Å². The SMILES string of the molecule is NC(Cc1ccc(F)c(Br)c1)C1CCOCC1. The average molecular weight is 302 g/mol. The maximum atomic E-state index is 13.1. The van der Waals surface area contributed by atoms with Crippen LogP contribution in [0.1, 0.15) is 18.4 Å². The monoisotopic (exact) mass is 301 g/mol. The zero-order valence-electron chi connectivity index (χ0n) is 9.66. The summed E-state index contributed by atoms with van der Waals surface area (Å²) in [5.41, 5.74) is 7.28. The molecule has 0 radical (unpaired) electrons.